The molecule has 148 valence electrons. The normalized spacial score (nSPS) is 28.1. The summed E-state index contributed by atoms with van der Waals surface area (Å²) in [6.07, 6.45) is 10.6. The molecule has 2 aliphatic carbocycles. The predicted molar refractivity (Wildman–Crippen MR) is 111 cm³/mol. The molecule has 2 saturated carbocycles. The topological polar surface area (TPSA) is 61.4 Å². The maximum atomic E-state index is 10.6. The Morgan fingerprint density at radius 3 is 2.52 bits per heavy atom. The lowest BCUT2D eigenvalue weighted by atomic mass is 9.91. The molecule has 0 bridgehead atoms. The highest BCUT2D eigenvalue weighted by Gasteiger charge is 2.40. The molecule has 27 heavy (non-hydrogen) atoms. The SMILES string of the molecule is CCC(=Cc1ccccc1)[C@@H]1C[C@H]1NC1CCC(NCCCC(=O)O)CC1. The summed E-state index contributed by atoms with van der Waals surface area (Å²) >= 11 is 0. The molecule has 4 heteroatoms. The van der Waals surface area contributed by atoms with Gasteiger partial charge >= 0.3 is 5.97 Å². The van der Waals surface area contributed by atoms with Gasteiger partial charge in [0.25, 0.3) is 0 Å². The molecule has 0 spiro atoms. The zero-order chi connectivity index (χ0) is 19.1. The molecule has 2 atom stereocenters. The monoisotopic (exact) mass is 370 g/mol. The Labute approximate surface area is 163 Å². The van der Waals surface area contributed by atoms with Gasteiger partial charge in [-0.05, 0) is 63.0 Å². The zero-order valence-corrected chi connectivity index (χ0v) is 16.5. The van der Waals surface area contributed by atoms with Gasteiger partial charge in [0.15, 0.2) is 0 Å². The summed E-state index contributed by atoms with van der Waals surface area (Å²) in [5.41, 5.74) is 2.89. The molecule has 3 N–H and O–H groups in total. The van der Waals surface area contributed by atoms with Crippen molar-refractivity contribution in [1.82, 2.24) is 10.6 Å². The first-order chi connectivity index (χ1) is 13.2. The van der Waals surface area contributed by atoms with E-state index in [2.05, 4.69) is 54.0 Å². The first-order valence-corrected chi connectivity index (χ1v) is 10.6. The van der Waals surface area contributed by atoms with Crippen molar-refractivity contribution in [2.75, 3.05) is 6.54 Å². The van der Waals surface area contributed by atoms with E-state index in [1.165, 1.54) is 37.7 Å². The van der Waals surface area contributed by atoms with Crippen LogP contribution in [0.3, 0.4) is 0 Å². The third kappa shape index (κ3) is 6.47. The van der Waals surface area contributed by atoms with Gasteiger partial charge in [-0.25, -0.2) is 0 Å². The van der Waals surface area contributed by atoms with Crippen molar-refractivity contribution in [2.45, 2.75) is 76.4 Å². The highest BCUT2D eigenvalue weighted by atomic mass is 16.4. The van der Waals surface area contributed by atoms with Crippen LogP contribution in [0.15, 0.2) is 35.9 Å². The minimum atomic E-state index is -0.698. The highest BCUT2D eigenvalue weighted by molar-refractivity contribution is 5.66. The third-order valence-corrected chi connectivity index (χ3v) is 6.00. The molecule has 1 aromatic rings. The summed E-state index contributed by atoms with van der Waals surface area (Å²) in [5, 5.41) is 16.1. The van der Waals surface area contributed by atoms with Gasteiger partial charge in [0.1, 0.15) is 0 Å². The average molecular weight is 371 g/mol. The number of carboxylic acids is 1. The number of carboxylic acid groups (broad SMARTS) is 1. The Balaban J connectivity index is 1.37. The van der Waals surface area contributed by atoms with Crippen LogP contribution in [0, 0.1) is 5.92 Å². The summed E-state index contributed by atoms with van der Waals surface area (Å²) in [6, 6.07) is 12.5. The number of rotatable bonds is 10. The molecular weight excluding hydrogens is 336 g/mol. The Hall–Kier alpha value is -1.65. The van der Waals surface area contributed by atoms with Crippen molar-refractivity contribution >= 4 is 12.0 Å². The van der Waals surface area contributed by atoms with E-state index in [4.69, 9.17) is 5.11 Å². The minimum absolute atomic E-state index is 0.267. The fraction of sp³-hybridized carbons (Fsp3) is 0.609. The summed E-state index contributed by atoms with van der Waals surface area (Å²) in [6.45, 7) is 3.09. The second kappa shape index (κ2) is 10.0. The van der Waals surface area contributed by atoms with Gasteiger partial charge in [0.05, 0.1) is 0 Å². The second-order valence-electron chi connectivity index (χ2n) is 8.10. The van der Waals surface area contributed by atoms with Crippen molar-refractivity contribution in [3.63, 3.8) is 0 Å². The maximum absolute atomic E-state index is 10.6. The lowest BCUT2D eigenvalue weighted by Crippen LogP contribution is -2.41. The van der Waals surface area contributed by atoms with Crippen LogP contribution in [0.4, 0.5) is 0 Å². The number of nitrogens with one attached hydrogen (secondary N) is 2. The van der Waals surface area contributed by atoms with Crippen molar-refractivity contribution < 1.29 is 9.90 Å². The van der Waals surface area contributed by atoms with Gasteiger partial charge < -0.3 is 15.7 Å². The van der Waals surface area contributed by atoms with E-state index in [0.29, 0.717) is 24.0 Å². The van der Waals surface area contributed by atoms with Gasteiger partial charge in [0.2, 0.25) is 0 Å². The summed E-state index contributed by atoms with van der Waals surface area (Å²) in [7, 11) is 0. The van der Waals surface area contributed by atoms with Crippen LogP contribution in [-0.4, -0.2) is 35.7 Å². The standard InChI is InChI=1S/C23H34N2O2/c1-2-18(15-17-7-4-3-5-8-17)21-16-22(21)25-20-12-10-19(11-13-20)24-14-6-9-23(26)27/h3-5,7-8,15,19-22,24-25H,2,6,9-14,16H2,1H3,(H,26,27)/t19?,20?,21-,22+/m0/s1. The molecule has 3 rings (SSSR count). The van der Waals surface area contributed by atoms with E-state index in [0.717, 1.165) is 19.4 Å². The molecule has 0 heterocycles. The van der Waals surface area contributed by atoms with Gasteiger partial charge in [-0.1, -0.05) is 48.9 Å². The van der Waals surface area contributed by atoms with E-state index in [1.807, 2.05) is 0 Å². The molecule has 2 aliphatic rings. The molecule has 0 aromatic heterocycles. The minimum Gasteiger partial charge on any atom is -0.481 e. The Kier molecular flexibility index (Phi) is 7.48. The predicted octanol–water partition coefficient (Wildman–Crippen LogP) is 4.22. The molecule has 0 amide bonds. The molecule has 2 fully saturated rings. The molecule has 0 aliphatic heterocycles. The van der Waals surface area contributed by atoms with Crippen LogP contribution in [0.5, 0.6) is 0 Å². The Morgan fingerprint density at radius 1 is 1.15 bits per heavy atom. The number of carbonyl (C=O) groups is 1. The Morgan fingerprint density at radius 2 is 1.85 bits per heavy atom. The zero-order valence-electron chi connectivity index (χ0n) is 16.5. The van der Waals surface area contributed by atoms with Crippen LogP contribution in [0.1, 0.15) is 63.9 Å². The molecular formula is C23H34N2O2. The maximum Gasteiger partial charge on any atom is 0.303 e. The molecule has 1 aromatic carbocycles. The summed E-state index contributed by atoms with van der Waals surface area (Å²) < 4.78 is 0. The number of aliphatic carboxylic acids is 1. The van der Waals surface area contributed by atoms with Crippen LogP contribution in [0.2, 0.25) is 0 Å². The van der Waals surface area contributed by atoms with Gasteiger partial charge in [0, 0.05) is 24.5 Å². The average Bonchev–Trinajstić information content (AvgIpc) is 3.44. The lowest BCUT2D eigenvalue weighted by Gasteiger charge is -2.30. The van der Waals surface area contributed by atoms with Crippen LogP contribution < -0.4 is 10.6 Å². The highest BCUT2D eigenvalue weighted by Crippen LogP contribution is 2.40. The third-order valence-electron chi connectivity index (χ3n) is 6.00. The molecule has 0 saturated heterocycles. The number of hydrogen-bond acceptors (Lipinski definition) is 3. The quantitative estimate of drug-likeness (QED) is 0.540. The van der Waals surface area contributed by atoms with Crippen LogP contribution >= 0.6 is 0 Å². The number of benzene rings is 1. The van der Waals surface area contributed by atoms with E-state index in [9.17, 15) is 4.79 Å². The fourth-order valence-electron chi connectivity index (χ4n) is 4.34. The Bertz CT molecular complexity index is 621. The van der Waals surface area contributed by atoms with Crippen molar-refractivity contribution in [3.05, 3.63) is 41.5 Å². The van der Waals surface area contributed by atoms with Gasteiger partial charge in [-0.15, -0.1) is 0 Å². The van der Waals surface area contributed by atoms with Crippen LogP contribution in [-0.2, 0) is 4.79 Å². The van der Waals surface area contributed by atoms with E-state index < -0.39 is 5.97 Å². The van der Waals surface area contributed by atoms with E-state index >= 15 is 0 Å². The van der Waals surface area contributed by atoms with E-state index in [-0.39, 0.29) is 6.42 Å². The molecule has 4 nitrogen and oxygen atoms in total. The van der Waals surface area contributed by atoms with Crippen molar-refractivity contribution in [1.29, 1.82) is 0 Å². The molecule has 0 radical (unpaired) electrons. The van der Waals surface area contributed by atoms with Crippen LogP contribution in [0.25, 0.3) is 6.08 Å². The smallest absolute Gasteiger partial charge is 0.303 e. The summed E-state index contributed by atoms with van der Waals surface area (Å²) in [4.78, 5) is 10.6. The molecule has 0 unspecified atom stereocenters. The van der Waals surface area contributed by atoms with Gasteiger partial charge in [-0.2, -0.15) is 0 Å². The fourth-order valence-corrected chi connectivity index (χ4v) is 4.34. The summed E-state index contributed by atoms with van der Waals surface area (Å²) in [5.74, 6) is 0.0125. The lowest BCUT2D eigenvalue weighted by molar-refractivity contribution is -0.137. The first-order valence-electron chi connectivity index (χ1n) is 10.6. The van der Waals surface area contributed by atoms with Crippen molar-refractivity contribution in [2.24, 2.45) is 5.92 Å². The van der Waals surface area contributed by atoms with E-state index in [1.54, 1.807) is 5.57 Å². The van der Waals surface area contributed by atoms with Crippen molar-refractivity contribution in [3.8, 4) is 0 Å². The number of hydrogen-bond donors (Lipinski definition) is 3. The first kappa shape index (κ1) is 20.1. The largest absolute Gasteiger partial charge is 0.481 e. The van der Waals surface area contributed by atoms with Gasteiger partial charge in [-0.3, -0.25) is 4.79 Å². The second-order valence-corrected chi connectivity index (χ2v) is 8.10.